The highest BCUT2D eigenvalue weighted by molar-refractivity contribution is 5.98. The first-order chi connectivity index (χ1) is 17.7. The molecule has 2 aromatic heterocycles. The number of hydrogen-bond acceptors (Lipinski definition) is 6. The fourth-order valence-electron chi connectivity index (χ4n) is 4.21. The standard InChI is InChI=1S/C28H27F2N5O2/c1-16(2)26-21(14-32-15-34-26)28(37)35-24(13-18-4-7-22(29)23(30)12-18)25(36)8-5-17-3-6-20-19(11-17)9-10-33-27(20)31/h3-4,6-7,9-12,14-16,24H,5,8,13H2,1-2H3,(H2,31,33)(H,35,37)/t24-/m0/s1. The zero-order valence-electron chi connectivity index (χ0n) is 20.5. The topological polar surface area (TPSA) is 111 Å². The quantitative estimate of drug-likeness (QED) is 0.347. The van der Waals surface area contributed by atoms with Crippen molar-refractivity contribution in [3.63, 3.8) is 0 Å². The van der Waals surface area contributed by atoms with E-state index in [4.69, 9.17) is 5.73 Å². The molecule has 0 spiro atoms. The van der Waals surface area contributed by atoms with Crippen LogP contribution in [0.4, 0.5) is 14.6 Å². The van der Waals surface area contributed by atoms with Crippen LogP contribution in [0.5, 0.6) is 0 Å². The third kappa shape index (κ3) is 6.11. The van der Waals surface area contributed by atoms with Crippen LogP contribution in [0, 0.1) is 11.6 Å². The van der Waals surface area contributed by atoms with E-state index in [0.717, 1.165) is 28.5 Å². The van der Waals surface area contributed by atoms with Gasteiger partial charge in [0, 0.05) is 24.2 Å². The number of nitrogen functional groups attached to an aromatic ring is 1. The number of nitrogens with two attached hydrogens (primary N) is 1. The van der Waals surface area contributed by atoms with E-state index < -0.39 is 23.6 Å². The molecule has 0 aliphatic carbocycles. The molecule has 37 heavy (non-hydrogen) atoms. The molecule has 2 heterocycles. The van der Waals surface area contributed by atoms with E-state index in [1.807, 2.05) is 38.1 Å². The van der Waals surface area contributed by atoms with Crippen molar-refractivity contribution in [3.05, 3.63) is 95.2 Å². The van der Waals surface area contributed by atoms with E-state index >= 15 is 0 Å². The van der Waals surface area contributed by atoms with Gasteiger partial charge in [-0.05, 0) is 53.5 Å². The number of ketones is 1. The number of aryl methyl sites for hydroxylation is 1. The number of Topliss-reactive ketones (excluding diaryl/α,β-unsaturated/α-hetero) is 1. The monoisotopic (exact) mass is 503 g/mol. The number of nitrogens with zero attached hydrogens (tertiary/aromatic N) is 3. The maximum atomic E-state index is 13.8. The SMILES string of the molecule is CC(C)c1ncncc1C(=O)N[C@@H](Cc1ccc(F)c(F)c1)C(=O)CCc1ccc2c(N)nccc2c1. The van der Waals surface area contributed by atoms with Crippen molar-refractivity contribution < 1.29 is 18.4 Å². The first kappa shape index (κ1) is 25.8. The average molecular weight is 504 g/mol. The zero-order valence-corrected chi connectivity index (χ0v) is 20.5. The van der Waals surface area contributed by atoms with Crippen LogP contribution >= 0.6 is 0 Å². The van der Waals surface area contributed by atoms with E-state index in [1.54, 1.807) is 6.20 Å². The van der Waals surface area contributed by atoms with Gasteiger partial charge in [0.1, 0.15) is 12.1 Å². The molecule has 2 aromatic carbocycles. The number of anilines is 1. The van der Waals surface area contributed by atoms with Crippen LogP contribution in [0.2, 0.25) is 0 Å². The molecule has 7 nitrogen and oxygen atoms in total. The molecule has 3 N–H and O–H groups in total. The number of amides is 1. The van der Waals surface area contributed by atoms with Gasteiger partial charge < -0.3 is 11.1 Å². The fourth-order valence-corrected chi connectivity index (χ4v) is 4.21. The normalized spacial score (nSPS) is 12.0. The minimum absolute atomic E-state index is 0.00635. The highest BCUT2D eigenvalue weighted by Crippen LogP contribution is 2.21. The number of carbonyl (C=O) groups is 2. The molecular weight excluding hydrogens is 476 g/mol. The molecule has 1 amide bonds. The Hall–Kier alpha value is -4.27. The molecule has 0 saturated carbocycles. The van der Waals surface area contributed by atoms with Gasteiger partial charge in [-0.1, -0.05) is 38.1 Å². The first-order valence-corrected chi connectivity index (χ1v) is 11.9. The smallest absolute Gasteiger partial charge is 0.255 e. The van der Waals surface area contributed by atoms with Gasteiger partial charge in [0.25, 0.3) is 5.91 Å². The summed E-state index contributed by atoms with van der Waals surface area (Å²) in [6.45, 7) is 3.80. The van der Waals surface area contributed by atoms with E-state index in [1.165, 1.54) is 18.6 Å². The third-order valence-electron chi connectivity index (χ3n) is 6.17. The van der Waals surface area contributed by atoms with E-state index in [0.29, 0.717) is 23.5 Å². The molecular formula is C28H27F2N5O2. The van der Waals surface area contributed by atoms with Gasteiger partial charge in [-0.15, -0.1) is 0 Å². The maximum Gasteiger partial charge on any atom is 0.255 e. The summed E-state index contributed by atoms with van der Waals surface area (Å²) in [7, 11) is 0. The third-order valence-corrected chi connectivity index (χ3v) is 6.17. The molecule has 0 saturated heterocycles. The number of halogens is 2. The number of aromatic nitrogens is 3. The number of benzene rings is 2. The Labute approximate surface area is 213 Å². The number of hydrogen-bond donors (Lipinski definition) is 2. The summed E-state index contributed by atoms with van der Waals surface area (Å²) in [5.41, 5.74) is 8.05. The summed E-state index contributed by atoms with van der Waals surface area (Å²) in [5, 5.41) is 4.51. The first-order valence-electron chi connectivity index (χ1n) is 11.9. The largest absolute Gasteiger partial charge is 0.383 e. The molecule has 0 radical (unpaired) electrons. The van der Waals surface area contributed by atoms with Crippen molar-refractivity contribution >= 4 is 28.3 Å². The lowest BCUT2D eigenvalue weighted by Crippen LogP contribution is -2.43. The van der Waals surface area contributed by atoms with Gasteiger partial charge in [-0.2, -0.15) is 0 Å². The Balaban J connectivity index is 1.55. The molecule has 190 valence electrons. The Bertz CT molecular complexity index is 1460. The lowest BCUT2D eigenvalue weighted by Gasteiger charge is -2.19. The summed E-state index contributed by atoms with van der Waals surface area (Å²) >= 11 is 0. The number of nitrogens with one attached hydrogen (secondary N) is 1. The van der Waals surface area contributed by atoms with Crippen LogP contribution in [0.25, 0.3) is 10.8 Å². The minimum Gasteiger partial charge on any atom is -0.383 e. The lowest BCUT2D eigenvalue weighted by atomic mass is 9.96. The Morgan fingerprint density at radius 2 is 1.78 bits per heavy atom. The Morgan fingerprint density at radius 1 is 1.00 bits per heavy atom. The second kappa shape index (κ2) is 11.2. The van der Waals surface area contributed by atoms with Gasteiger partial charge in [0.05, 0.1) is 17.3 Å². The predicted octanol–water partition coefficient (Wildman–Crippen LogP) is 4.55. The zero-order chi connectivity index (χ0) is 26.5. The summed E-state index contributed by atoms with van der Waals surface area (Å²) in [6, 6.07) is 10.0. The number of pyridine rings is 1. The van der Waals surface area contributed by atoms with Crippen LogP contribution in [0.1, 0.15) is 53.4 Å². The number of fused-ring (bicyclic) bond motifs is 1. The van der Waals surface area contributed by atoms with Crippen LogP contribution in [0.3, 0.4) is 0 Å². The van der Waals surface area contributed by atoms with Crippen molar-refractivity contribution in [1.82, 2.24) is 20.3 Å². The van der Waals surface area contributed by atoms with Crippen molar-refractivity contribution in [3.8, 4) is 0 Å². The van der Waals surface area contributed by atoms with Crippen molar-refractivity contribution in [2.75, 3.05) is 5.73 Å². The van der Waals surface area contributed by atoms with Gasteiger partial charge in [-0.3, -0.25) is 9.59 Å². The lowest BCUT2D eigenvalue weighted by molar-refractivity contribution is -0.120. The van der Waals surface area contributed by atoms with E-state index in [9.17, 15) is 18.4 Å². The summed E-state index contributed by atoms with van der Waals surface area (Å²) < 4.78 is 27.3. The predicted molar refractivity (Wildman–Crippen MR) is 137 cm³/mol. The van der Waals surface area contributed by atoms with Crippen LogP contribution in [-0.2, 0) is 17.6 Å². The highest BCUT2D eigenvalue weighted by atomic mass is 19.2. The molecule has 4 aromatic rings. The molecule has 9 heteroatoms. The molecule has 4 rings (SSSR count). The Kier molecular flexibility index (Phi) is 7.81. The molecule has 0 unspecified atom stereocenters. The molecule has 1 atom stereocenters. The van der Waals surface area contributed by atoms with Crippen molar-refractivity contribution in [2.45, 2.75) is 45.1 Å². The second-order valence-corrected chi connectivity index (χ2v) is 9.17. The maximum absolute atomic E-state index is 13.8. The van der Waals surface area contributed by atoms with E-state index in [-0.39, 0.29) is 30.1 Å². The second-order valence-electron chi connectivity index (χ2n) is 9.17. The molecule has 0 aliphatic heterocycles. The molecule has 0 aliphatic rings. The molecule has 0 bridgehead atoms. The summed E-state index contributed by atoms with van der Waals surface area (Å²) in [5.74, 6) is -2.35. The van der Waals surface area contributed by atoms with Crippen LogP contribution in [0.15, 0.2) is 61.2 Å². The number of carbonyl (C=O) groups excluding carboxylic acids is 2. The van der Waals surface area contributed by atoms with Crippen molar-refractivity contribution in [2.24, 2.45) is 0 Å². The van der Waals surface area contributed by atoms with Crippen molar-refractivity contribution in [1.29, 1.82) is 0 Å². The van der Waals surface area contributed by atoms with E-state index in [2.05, 4.69) is 20.3 Å². The van der Waals surface area contributed by atoms with Gasteiger partial charge in [0.2, 0.25) is 0 Å². The van der Waals surface area contributed by atoms with Gasteiger partial charge in [0.15, 0.2) is 17.4 Å². The highest BCUT2D eigenvalue weighted by Gasteiger charge is 2.24. The molecule has 0 fully saturated rings. The summed E-state index contributed by atoms with van der Waals surface area (Å²) in [6.07, 6.45) is 4.96. The fraction of sp³-hybridized carbons (Fsp3) is 0.250. The van der Waals surface area contributed by atoms with Crippen LogP contribution in [-0.4, -0.2) is 32.7 Å². The summed E-state index contributed by atoms with van der Waals surface area (Å²) in [4.78, 5) is 38.7. The average Bonchev–Trinajstić information content (AvgIpc) is 2.89. The van der Waals surface area contributed by atoms with Crippen LogP contribution < -0.4 is 11.1 Å². The minimum atomic E-state index is -1.02. The number of rotatable bonds is 9. The van der Waals surface area contributed by atoms with Gasteiger partial charge >= 0.3 is 0 Å². The van der Waals surface area contributed by atoms with Gasteiger partial charge in [-0.25, -0.2) is 23.7 Å². The Morgan fingerprint density at radius 3 is 2.54 bits per heavy atom.